The number of hydrogen-bond donors (Lipinski definition) is 2. The number of likely N-dealkylation sites (tertiary alicyclic amines) is 1. The summed E-state index contributed by atoms with van der Waals surface area (Å²) in [6.07, 6.45) is 7.04. The minimum atomic E-state index is -0.675. The summed E-state index contributed by atoms with van der Waals surface area (Å²) in [5, 5.41) is 13.0. The van der Waals surface area contributed by atoms with Crippen LogP contribution in [0.4, 0.5) is 4.79 Å². The fourth-order valence-electron chi connectivity index (χ4n) is 3.48. The Morgan fingerprint density at radius 3 is 2.25 bits per heavy atom. The Hall–Kier alpha value is -1.30. The van der Waals surface area contributed by atoms with Crippen LogP contribution in [0, 0.1) is 0 Å². The van der Waals surface area contributed by atoms with Crippen LogP contribution in [0.15, 0.2) is 0 Å². The SMILES string of the molecule is CC(C)(C)OC(=O)N1CC(O)CC1C(=O)NC1CCCCCCC1. The lowest BCUT2D eigenvalue weighted by molar-refractivity contribution is -0.126. The minimum Gasteiger partial charge on any atom is -0.444 e. The summed E-state index contributed by atoms with van der Waals surface area (Å²) >= 11 is 0. The summed E-state index contributed by atoms with van der Waals surface area (Å²) in [4.78, 5) is 26.4. The van der Waals surface area contributed by atoms with Crippen molar-refractivity contribution in [2.75, 3.05) is 6.54 Å². The third-order valence-electron chi connectivity index (χ3n) is 4.66. The molecule has 2 fully saturated rings. The first kappa shape index (κ1) is 19.0. The second-order valence-electron chi connectivity index (χ2n) is 8.09. The molecule has 2 aliphatic rings. The third kappa shape index (κ3) is 5.65. The van der Waals surface area contributed by atoms with Crippen LogP contribution in [0.25, 0.3) is 0 Å². The largest absolute Gasteiger partial charge is 0.444 e. The van der Waals surface area contributed by atoms with Crippen molar-refractivity contribution in [3.8, 4) is 0 Å². The van der Waals surface area contributed by atoms with Crippen LogP contribution < -0.4 is 5.32 Å². The van der Waals surface area contributed by atoms with Gasteiger partial charge in [0.15, 0.2) is 0 Å². The van der Waals surface area contributed by atoms with E-state index >= 15 is 0 Å². The molecule has 1 heterocycles. The Balaban J connectivity index is 1.96. The number of rotatable bonds is 2. The fraction of sp³-hybridized carbons (Fsp3) is 0.889. The van der Waals surface area contributed by atoms with Crippen molar-refractivity contribution in [2.45, 2.75) is 95.9 Å². The van der Waals surface area contributed by atoms with Gasteiger partial charge in [-0.3, -0.25) is 9.69 Å². The number of nitrogens with zero attached hydrogens (tertiary/aromatic N) is 1. The lowest BCUT2D eigenvalue weighted by Gasteiger charge is -2.29. The maximum absolute atomic E-state index is 12.7. The van der Waals surface area contributed by atoms with Crippen LogP contribution in [0.3, 0.4) is 0 Å². The normalized spacial score (nSPS) is 26.6. The molecule has 2 rings (SSSR count). The van der Waals surface area contributed by atoms with E-state index in [1.54, 1.807) is 20.8 Å². The van der Waals surface area contributed by atoms with Crippen LogP contribution in [0.5, 0.6) is 0 Å². The molecule has 2 N–H and O–H groups in total. The van der Waals surface area contributed by atoms with E-state index in [1.165, 1.54) is 24.2 Å². The molecule has 0 aromatic heterocycles. The fourth-order valence-corrected chi connectivity index (χ4v) is 3.48. The molecule has 1 aliphatic heterocycles. The molecule has 24 heavy (non-hydrogen) atoms. The number of ether oxygens (including phenoxy) is 1. The Morgan fingerprint density at radius 2 is 1.67 bits per heavy atom. The van der Waals surface area contributed by atoms with Crippen LogP contribution >= 0.6 is 0 Å². The quantitative estimate of drug-likeness (QED) is 0.810. The molecular formula is C18H32N2O4. The number of carbonyl (C=O) groups is 2. The minimum absolute atomic E-state index is 0.150. The summed E-state index contributed by atoms with van der Waals surface area (Å²) in [5.74, 6) is -0.164. The van der Waals surface area contributed by atoms with Gasteiger partial charge in [0.1, 0.15) is 11.6 Å². The van der Waals surface area contributed by atoms with Gasteiger partial charge in [-0.1, -0.05) is 32.1 Å². The first-order valence-corrected chi connectivity index (χ1v) is 9.24. The second kappa shape index (κ2) is 8.19. The molecule has 1 saturated heterocycles. The molecule has 0 bridgehead atoms. The molecule has 138 valence electrons. The van der Waals surface area contributed by atoms with Crippen molar-refractivity contribution in [3.63, 3.8) is 0 Å². The van der Waals surface area contributed by atoms with Crippen molar-refractivity contribution in [1.29, 1.82) is 0 Å². The summed E-state index contributed by atoms with van der Waals surface area (Å²) in [5.41, 5.74) is -0.620. The number of aliphatic hydroxyl groups excluding tert-OH is 1. The van der Waals surface area contributed by atoms with Crippen LogP contribution in [-0.2, 0) is 9.53 Å². The van der Waals surface area contributed by atoms with Crippen LogP contribution in [0.2, 0.25) is 0 Å². The maximum atomic E-state index is 12.7. The lowest BCUT2D eigenvalue weighted by Crippen LogP contribution is -2.50. The molecule has 2 atom stereocenters. The second-order valence-corrected chi connectivity index (χ2v) is 8.09. The molecule has 0 aromatic carbocycles. The number of β-amino-alcohol motifs (C(OH)–C–C–N with tert-alkyl or cyclic N) is 1. The molecule has 0 spiro atoms. The van der Waals surface area contributed by atoms with E-state index in [1.807, 2.05) is 0 Å². The van der Waals surface area contributed by atoms with E-state index in [0.717, 1.165) is 25.7 Å². The van der Waals surface area contributed by atoms with Crippen molar-refractivity contribution in [2.24, 2.45) is 0 Å². The summed E-state index contributed by atoms with van der Waals surface area (Å²) in [6.45, 7) is 5.53. The predicted octanol–water partition coefficient (Wildman–Crippen LogP) is 2.59. The summed E-state index contributed by atoms with van der Waals surface area (Å²) < 4.78 is 5.37. The average molecular weight is 340 g/mol. The van der Waals surface area contributed by atoms with Gasteiger partial charge in [-0.2, -0.15) is 0 Å². The number of aliphatic hydroxyl groups is 1. The van der Waals surface area contributed by atoms with E-state index in [-0.39, 0.29) is 24.9 Å². The Morgan fingerprint density at radius 1 is 1.08 bits per heavy atom. The van der Waals surface area contributed by atoms with Crippen molar-refractivity contribution < 1.29 is 19.4 Å². The number of hydrogen-bond acceptors (Lipinski definition) is 4. The maximum Gasteiger partial charge on any atom is 0.411 e. The standard InChI is InChI=1S/C18H32N2O4/c1-18(2,3)24-17(23)20-12-14(21)11-15(20)16(22)19-13-9-7-5-4-6-8-10-13/h13-15,21H,4-12H2,1-3H3,(H,19,22). The molecule has 0 aromatic rings. The number of nitrogens with one attached hydrogen (secondary N) is 1. The summed E-state index contributed by atoms with van der Waals surface area (Å²) in [6, 6.07) is -0.462. The monoisotopic (exact) mass is 340 g/mol. The zero-order valence-corrected chi connectivity index (χ0v) is 15.2. The molecule has 6 nitrogen and oxygen atoms in total. The highest BCUT2D eigenvalue weighted by atomic mass is 16.6. The molecule has 2 unspecified atom stereocenters. The highest BCUT2D eigenvalue weighted by molar-refractivity contribution is 5.86. The molecule has 6 heteroatoms. The predicted molar refractivity (Wildman–Crippen MR) is 91.6 cm³/mol. The smallest absolute Gasteiger partial charge is 0.411 e. The highest BCUT2D eigenvalue weighted by Gasteiger charge is 2.41. The van der Waals surface area contributed by atoms with E-state index < -0.39 is 23.8 Å². The highest BCUT2D eigenvalue weighted by Crippen LogP contribution is 2.23. The number of amides is 2. The lowest BCUT2D eigenvalue weighted by atomic mass is 9.96. The first-order chi connectivity index (χ1) is 11.3. The van der Waals surface area contributed by atoms with Crippen molar-refractivity contribution in [1.82, 2.24) is 10.2 Å². The van der Waals surface area contributed by atoms with Gasteiger partial charge in [0.05, 0.1) is 12.6 Å². The molecular weight excluding hydrogens is 308 g/mol. The zero-order chi connectivity index (χ0) is 17.7. The first-order valence-electron chi connectivity index (χ1n) is 9.24. The van der Waals surface area contributed by atoms with Gasteiger partial charge in [0.25, 0.3) is 0 Å². The molecule has 2 amide bonds. The zero-order valence-electron chi connectivity index (χ0n) is 15.2. The van der Waals surface area contributed by atoms with Gasteiger partial charge < -0.3 is 15.2 Å². The van der Waals surface area contributed by atoms with E-state index in [4.69, 9.17) is 4.74 Å². The molecule has 1 saturated carbocycles. The average Bonchev–Trinajstić information content (AvgIpc) is 2.82. The molecule has 0 radical (unpaired) electrons. The Labute approximate surface area is 144 Å². The van der Waals surface area contributed by atoms with Gasteiger partial charge in [-0.25, -0.2) is 4.79 Å². The molecule has 1 aliphatic carbocycles. The summed E-state index contributed by atoms with van der Waals surface area (Å²) in [7, 11) is 0. The van der Waals surface area contributed by atoms with Crippen LogP contribution in [-0.4, -0.2) is 52.3 Å². The van der Waals surface area contributed by atoms with E-state index in [9.17, 15) is 14.7 Å². The third-order valence-corrected chi connectivity index (χ3v) is 4.66. The van der Waals surface area contributed by atoms with Crippen LogP contribution in [0.1, 0.15) is 72.1 Å². The van der Waals surface area contributed by atoms with E-state index in [0.29, 0.717) is 0 Å². The Kier molecular flexibility index (Phi) is 6.49. The Bertz CT molecular complexity index is 439. The van der Waals surface area contributed by atoms with Crippen molar-refractivity contribution in [3.05, 3.63) is 0 Å². The van der Waals surface area contributed by atoms with Gasteiger partial charge >= 0.3 is 6.09 Å². The van der Waals surface area contributed by atoms with Crippen molar-refractivity contribution >= 4 is 12.0 Å². The van der Waals surface area contributed by atoms with Gasteiger partial charge in [0, 0.05) is 12.5 Å². The number of carbonyl (C=O) groups excluding carboxylic acids is 2. The van der Waals surface area contributed by atoms with Gasteiger partial charge in [-0.15, -0.1) is 0 Å². The topological polar surface area (TPSA) is 78.9 Å². The van der Waals surface area contributed by atoms with Gasteiger partial charge in [-0.05, 0) is 33.6 Å². The van der Waals surface area contributed by atoms with Gasteiger partial charge in [0.2, 0.25) is 5.91 Å². The van der Waals surface area contributed by atoms with E-state index in [2.05, 4.69) is 5.32 Å².